The Balaban J connectivity index is 2.70. The molecule has 0 aliphatic heterocycles. The molecule has 0 amide bonds. The third-order valence-corrected chi connectivity index (χ3v) is 2.65. The molecule has 0 aliphatic rings. The van der Waals surface area contributed by atoms with E-state index in [4.69, 9.17) is 0 Å². The van der Waals surface area contributed by atoms with Crippen LogP contribution in [0.3, 0.4) is 0 Å². The van der Waals surface area contributed by atoms with Gasteiger partial charge in [-0.1, -0.05) is 42.5 Å². The molecule has 2 aromatic carbocycles. The minimum absolute atomic E-state index is 0.00519. The van der Waals surface area contributed by atoms with Crippen molar-refractivity contribution in [3.05, 3.63) is 54.5 Å². The van der Waals surface area contributed by atoms with Crippen LogP contribution in [-0.2, 0) is 5.67 Å². The van der Waals surface area contributed by atoms with Gasteiger partial charge >= 0.3 is 6.43 Å². The van der Waals surface area contributed by atoms with Crippen molar-refractivity contribution in [1.29, 1.82) is 0 Å². The molecule has 0 aliphatic carbocycles. The van der Waals surface area contributed by atoms with Gasteiger partial charge in [-0.15, -0.1) is 0 Å². The number of benzene rings is 2. The van der Waals surface area contributed by atoms with Crippen LogP contribution in [-0.4, -0.2) is 0 Å². The summed E-state index contributed by atoms with van der Waals surface area (Å²) in [5, 5.41) is 1.27. The van der Waals surface area contributed by atoms with Gasteiger partial charge in [-0.3, -0.25) is 0 Å². The summed E-state index contributed by atoms with van der Waals surface area (Å²) in [6.07, 6.45) is -2.22. The lowest BCUT2D eigenvalue weighted by Crippen LogP contribution is -2.19. The zero-order chi connectivity index (χ0) is 11.8. The van der Waals surface area contributed by atoms with E-state index in [2.05, 4.69) is 0 Å². The van der Waals surface area contributed by atoms with E-state index in [1.54, 1.807) is 36.4 Å². The van der Waals surface area contributed by atoms with E-state index in [-0.39, 0.29) is 5.56 Å². The lowest BCUT2D eigenvalue weighted by Gasteiger charge is -2.20. The molecule has 1 atom stereocenters. The van der Waals surface area contributed by atoms with Gasteiger partial charge in [0.15, 0.2) is 0 Å². The van der Waals surface area contributed by atoms with Crippen LogP contribution >= 0.6 is 0 Å². The summed E-state index contributed by atoms with van der Waals surface area (Å²) in [5.41, 5.74) is -2.69. The molecule has 0 bridgehead atoms. The molecule has 0 saturated heterocycles. The maximum atomic E-state index is 13.9. The summed E-state index contributed by atoms with van der Waals surface area (Å²) in [7, 11) is 0. The molecule has 16 heavy (non-hydrogen) atoms. The predicted molar refractivity (Wildman–Crippen MR) is 57.9 cm³/mol. The Morgan fingerprint density at radius 3 is 2.31 bits per heavy atom. The second kappa shape index (κ2) is 3.81. The van der Waals surface area contributed by atoms with Crippen molar-refractivity contribution in [3.8, 4) is 0 Å². The Kier molecular flexibility index (Phi) is 2.62. The topological polar surface area (TPSA) is 0 Å². The molecule has 1 unspecified atom stereocenters. The number of rotatable bonds is 2. The molecule has 2 rings (SSSR count). The minimum Gasteiger partial charge on any atom is -0.232 e. The first kappa shape index (κ1) is 11.0. The fourth-order valence-corrected chi connectivity index (χ4v) is 1.74. The average Bonchev–Trinajstić information content (AvgIpc) is 2.28. The van der Waals surface area contributed by atoms with Crippen molar-refractivity contribution < 1.29 is 13.2 Å². The number of hydrogen-bond donors (Lipinski definition) is 0. The second-order valence-electron chi connectivity index (χ2n) is 3.79. The maximum Gasteiger partial charge on any atom is 0.350 e. The summed E-state index contributed by atoms with van der Waals surface area (Å²) in [4.78, 5) is 0. The lowest BCUT2D eigenvalue weighted by atomic mass is 9.93. The first-order valence-corrected chi connectivity index (χ1v) is 4.89. The zero-order valence-corrected chi connectivity index (χ0v) is 8.68. The molecular formula is C13H10F3. The quantitative estimate of drug-likeness (QED) is 0.705. The number of fused-ring (bicyclic) bond motifs is 1. The van der Waals surface area contributed by atoms with Gasteiger partial charge in [0, 0.05) is 5.56 Å². The van der Waals surface area contributed by atoms with E-state index in [1.165, 1.54) is 6.07 Å². The monoisotopic (exact) mass is 223 g/mol. The Hall–Kier alpha value is -1.51. The Labute approximate surface area is 91.7 Å². The standard InChI is InChI=1S/C13H10F3/c1-13(16,12(14)15)11-8-4-6-9-5-2-3-7-10(9)11/h2-8H,1H3. The molecule has 0 nitrogen and oxygen atoms in total. The average molecular weight is 223 g/mol. The summed E-state index contributed by atoms with van der Waals surface area (Å²) >= 11 is 0. The van der Waals surface area contributed by atoms with Crippen molar-refractivity contribution >= 4 is 10.8 Å². The highest BCUT2D eigenvalue weighted by atomic mass is 19.3. The molecular weight excluding hydrogens is 213 g/mol. The van der Waals surface area contributed by atoms with Crippen molar-refractivity contribution in [3.63, 3.8) is 0 Å². The van der Waals surface area contributed by atoms with Crippen molar-refractivity contribution in [1.82, 2.24) is 0 Å². The fourth-order valence-electron chi connectivity index (χ4n) is 1.74. The van der Waals surface area contributed by atoms with Crippen LogP contribution in [0.5, 0.6) is 0 Å². The van der Waals surface area contributed by atoms with Crippen LogP contribution in [0.15, 0.2) is 42.5 Å². The molecule has 0 spiro atoms. The van der Waals surface area contributed by atoms with E-state index in [0.29, 0.717) is 5.39 Å². The summed E-state index contributed by atoms with van der Waals surface area (Å²) in [6, 6.07) is 11.6. The number of alkyl halides is 1. The van der Waals surface area contributed by atoms with E-state index < -0.39 is 12.1 Å². The number of hydrogen-bond acceptors (Lipinski definition) is 0. The fraction of sp³-hybridized carbons (Fsp3) is 0.154. The van der Waals surface area contributed by atoms with E-state index >= 15 is 0 Å². The highest BCUT2D eigenvalue weighted by Gasteiger charge is 2.40. The largest absolute Gasteiger partial charge is 0.350 e. The van der Waals surface area contributed by atoms with Gasteiger partial charge in [0.05, 0.1) is 0 Å². The van der Waals surface area contributed by atoms with Gasteiger partial charge in [0.25, 0.3) is 0 Å². The van der Waals surface area contributed by atoms with Gasteiger partial charge in [-0.05, 0) is 17.7 Å². The molecule has 0 heterocycles. The van der Waals surface area contributed by atoms with Crippen molar-refractivity contribution in [2.75, 3.05) is 0 Å². The van der Waals surface area contributed by atoms with Gasteiger partial charge in [-0.2, -0.15) is 8.78 Å². The molecule has 0 fully saturated rings. The van der Waals surface area contributed by atoms with E-state index in [1.807, 2.05) is 0 Å². The Bertz CT molecular complexity index is 498. The normalized spacial score (nSPS) is 15.3. The number of halogens is 3. The SMILES string of the molecule is CC(F)([C](F)F)c1cccc2ccccc12. The Morgan fingerprint density at radius 1 is 1.00 bits per heavy atom. The highest BCUT2D eigenvalue weighted by molar-refractivity contribution is 5.86. The molecule has 3 heteroatoms. The smallest absolute Gasteiger partial charge is 0.232 e. The van der Waals surface area contributed by atoms with E-state index in [9.17, 15) is 13.2 Å². The summed E-state index contributed by atoms with van der Waals surface area (Å²) < 4.78 is 39.0. The van der Waals surface area contributed by atoms with Gasteiger partial charge < -0.3 is 0 Å². The van der Waals surface area contributed by atoms with Crippen LogP contribution in [0, 0.1) is 6.43 Å². The third kappa shape index (κ3) is 1.66. The molecule has 0 saturated carbocycles. The van der Waals surface area contributed by atoms with Gasteiger partial charge in [0.1, 0.15) is 0 Å². The molecule has 1 radical (unpaired) electrons. The first-order chi connectivity index (χ1) is 7.53. The summed E-state index contributed by atoms with van der Waals surface area (Å²) in [5.74, 6) is 0. The molecule has 0 aromatic heterocycles. The first-order valence-electron chi connectivity index (χ1n) is 4.89. The molecule has 0 N–H and O–H groups in total. The molecule has 83 valence electrons. The lowest BCUT2D eigenvalue weighted by molar-refractivity contribution is 0.0712. The van der Waals surface area contributed by atoms with Crippen LogP contribution in [0.2, 0.25) is 0 Å². The van der Waals surface area contributed by atoms with Crippen molar-refractivity contribution in [2.45, 2.75) is 12.6 Å². The van der Waals surface area contributed by atoms with Crippen LogP contribution in [0.4, 0.5) is 13.2 Å². The van der Waals surface area contributed by atoms with Crippen LogP contribution < -0.4 is 0 Å². The second-order valence-corrected chi connectivity index (χ2v) is 3.79. The summed E-state index contributed by atoms with van der Waals surface area (Å²) in [6.45, 7) is 0.879. The minimum atomic E-state index is -2.69. The highest BCUT2D eigenvalue weighted by Crippen LogP contribution is 2.40. The van der Waals surface area contributed by atoms with Crippen LogP contribution in [0.1, 0.15) is 12.5 Å². The van der Waals surface area contributed by atoms with E-state index in [0.717, 1.165) is 12.3 Å². The maximum absolute atomic E-state index is 13.9. The zero-order valence-electron chi connectivity index (χ0n) is 8.68. The Morgan fingerprint density at radius 2 is 1.62 bits per heavy atom. The van der Waals surface area contributed by atoms with Gasteiger partial charge in [-0.25, -0.2) is 4.39 Å². The van der Waals surface area contributed by atoms with Crippen LogP contribution in [0.25, 0.3) is 10.8 Å². The van der Waals surface area contributed by atoms with Crippen molar-refractivity contribution in [2.24, 2.45) is 0 Å². The predicted octanol–water partition coefficient (Wildman–Crippen LogP) is 4.45. The molecule has 2 aromatic rings. The van der Waals surface area contributed by atoms with Gasteiger partial charge in [0.2, 0.25) is 5.67 Å². The third-order valence-electron chi connectivity index (χ3n) is 2.65.